The van der Waals surface area contributed by atoms with Gasteiger partial charge in [-0.2, -0.15) is 17.4 Å². The van der Waals surface area contributed by atoms with Crippen LogP contribution in [0.3, 0.4) is 0 Å². The van der Waals surface area contributed by atoms with Gasteiger partial charge in [0.25, 0.3) is 10.2 Å². The topological polar surface area (TPSA) is 58.6 Å². The normalized spacial score (nSPS) is 23.8. The molecular formula is C13H17FN2O3S2. The first-order chi connectivity index (χ1) is 10.1. The second-order valence-corrected chi connectivity index (χ2v) is 7.79. The van der Waals surface area contributed by atoms with E-state index < -0.39 is 10.2 Å². The first kappa shape index (κ1) is 15.2. The van der Waals surface area contributed by atoms with Gasteiger partial charge in [-0.15, -0.1) is 11.8 Å². The summed E-state index contributed by atoms with van der Waals surface area (Å²) in [6.45, 7) is 1.53. The average molecular weight is 332 g/mol. The molecule has 0 radical (unpaired) electrons. The summed E-state index contributed by atoms with van der Waals surface area (Å²) in [6, 6.07) is 4.45. The van der Waals surface area contributed by atoms with Crippen LogP contribution in [0.25, 0.3) is 0 Å². The Bertz CT molecular complexity index is 618. The van der Waals surface area contributed by atoms with Crippen molar-refractivity contribution in [2.45, 2.75) is 17.4 Å². The predicted octanol–water partition coefficient (Wildman–Crippen LogP) is 1.53. The second-order valence-electron chi connectivity index (χ2n) is 4.98. The third kappa shape index (κ3) is 3.24. The molecule has 1 aromatic rings. The zero-order valence-corrected chi connectivity index (χ0v) is 13.1. The van der Waals surface area contributed by atoms with Crippen molar-refractivity contribution in [2.24, 2.45) is 0 Å². The Balaban J connectivity index is 1.81. The standard InChI is InChI=1S/C13H17FN2O3S2/c14-11-3-1-2-10-12(4-9-20-13(10)11)15-21(17,18)16-5-7-19-8-6-16/h1-3,12,15H,4-9H2/t12-/m1/s1. The SMILES string of the molecule is O=S(=O)(N[C@@H]1CCSc2c(F)cccc21)N1CCOCC1. The summed E-state index contributed by atoms with van der Waals surface area (Å²) >= 11 is 1.44. The fourth-order valence-corrected chi connectivity index (χ4v) is 5.07. The number of fused-ring (bicyclic) bond motifs is 1. The predicted molar refractivity (Wildman–Crippen MR) is 78.9 cm³/mol. The Labute approximate surface area is 128 Å². The van der Waals surface area contributed by atoms with Crippen molar-refractivity contribution in [1.82, 2.24) is 9.03 Å². The lowest BCUT2D eigenvalue weighted by Gasteiger charge is -2.31. The molecule has 21 heavy (non-hydrogen) atoms. The van der Waals surface area contributed by atoms with E-state index in [1.807, 2.05) is 0 Å². The summed E-state index contributed by atoms with van der Waals surface area (Å²) in [7, 11) is -3.57. The van der Waals surface area contributed by atoms with Crippen molar-refractivity contribution in [3.8, 4) is 0 Å². The number of thioether (sulfide) groups is 1. The van der Waals surface area contributed by atoms with Gasteiger partial charge in [-0.3, -0.25) is 0 Å². The maximum atomic E-state index is 13.8. The molecule has 0 aliphatic carbocycles. The van der Waals surface area contributed by atoms with Crippen molar-refractivity contribution in [3.05, 3.63) is 29.6 Å². The number of hydrogen-bond acceptors (Lipinski definition) is 4. The second kappa shape index (κ2) is 6.21. The van der Waals surface area contributed by atoms with E-state index in [0.29, 0.717) is 43.4 Å². The van der Waals surface area contributed by atoms with Gasteiger partial charge in [0.05, 0.1) is 13.2 Å². The fourth-order valence-electron chi connectivity index (χ4n) is 2.55. The molecule has 116 valence electrons. The van der Waals surface area contributed by atoms with Crippen LogP contribution in [-0.4, -0.2) is 44.8 Å². The number of nitrogens with one attached hydrogen (secondary N) is 1. The summed E-state index contributed by atoms with van der Waals surface area (Å²) < 4.78 is 47.9. The van der Waals surface area contributed by atoms with Crippen LogP contribution in [0.2, 0.25) is 0 Å². The Hall–Kier alpha value is -0.670. The van der Waals surface area contributed by atoms with Crippen LogP contribution in [0.15, 0.2) is 23.1 Å². The fraction of sp³-hybridized carbons (Fsp3) is 0.538. The highest BCUT2D eigenvalue weighted by Gasteiger charge is 2.30. The molecule has 0 saturated carbocycles. The summed E-state index contributed by atoms with van der Waals surface area (Å²) in [5.41, 5.74) is 0.725. The molecule has 1 fully saturated rings. The number of morpholine rings is 1. The number of halogens is 1. The molecule has 1 N–H and O–H groups in total. The molecule has 0 bridgehead atoms. The van der Waals surface area contributed by atoms with E-state index in [9.17, 15) is 12.8 Å². The lowest BCUT2D eigenvalue weighted by molar-refractivity contribution is 0.0723. The molecule has 8 heteroatoms. The molecule has 1 atom stereocenters. The minimum atomic E-state index is -3.57. The molecule has 0 unspecified atom stereocenters. The van der Waals surface area contributed by atoms with Crippen molar-refractivity contribution in [1.29, 1.82) is 0 Å². The van der Waals surface area contributed by atoms with Gasteiger partial charge in [0.15, 0.2) is 0 Å². The van der Waals surface area contributed by atoms with Crippen LogP contribution in [0, 0.1) is 5.82 Å². The van der Waals surface area contributed by atoms with Crippen LogP contribution in [0.1, 0.15) is 18.0 Å². The molecule has 0 aromatic heterocycles. The Morgan fingerprint density at radius 3 is 2.86 bits per heavy atom. The maximum Gasteiger partial charge on any atom is 0.280 e. The number of nitrogens with zero attached hydrogens (tertiary/aromatic N) is 1. The minimum Gasteiger partial charge on any atom is -0.379 e. The monoisotopic (exact) mass is 332 g/mol. The zero-order valence-electron chi connectivity index (χ0n) is 11.4. The van der Waals surface area contributed by atoms with Gasteiger partial charge in [-0.1, -0.05) is 12.1 Å². The average Bonchev–Trinajstić information content (AvgIpc) is 2.49. The van der Waals surface area contributed by atoms with Crippen molar-refractivity contribution in [2.75, 3.05) is 32.1 Å². The summed E-state index contributed by atoms with van der Waals surface area (Å²) in [5.74, 6) is 0.414. The van der Waals surface area contributed by atoms with E-state index in [4.69, 9.17) is 4.74 Å². The van der Waals surface area contributed by atoms with Crippen LogP contribution in [0.5, 0.6) is 0 Å². The maximum absolute atomic E-state index is 13.8. The van der Waals surface area contributed by atoms with Crippen LogP contribution in [-0.2, 0) is 14.9 Å². The molecular weight excluding hydrogens is 315 g/mol. The Morgan fingerprint density at radius 1 is 1.33 bits per heavy atom. The van der Waals surface area contributed by atoms with E-state index in [1.54, 1.807) is 12.1 Å². The Morgan fingerprint density at radius 2 is 2.10 bits per heavy atom. The van der Waals surface area contributed by atoms with Crippen molar-refractivity contribution in [3.63, 3.8) is 0 Å². The van der Waals surface area contributed by atoms with Gasteiger partial charge >= 0.3 is 0 Å². The van der Waals surface area contributed by atoms with Crippen LogP contribution >= 0.6 is 11.8 Å². The highest BCUT2D eigenvalue weighted by Crippen LogP contribution is 2.38. The summed E-state index contributed by atoms with van der Waals surface area (Å²) in [4.78, 5) is 0.554. The highest BCUT2D eigenvalue weighted by atomic mass is 32.2. The van der Waals surface area contributed by atoms with E-state index in [1.165, 1.54) is 22.1 Å². The van der Waals surface area contributed by atoms with Crippen molar-refractivity contribution < 1.29 is 17.5 Å². The summed E-state index contributed by atoms with van der Waals surface area (Å²) in [6.07, 6.45) is 0.657. The molecule has 0 spiro atoms. The lowest BCUT2D eigenvalue weighted by atomic mass is 10.0. The number of ether oxygens (including phenoxy) is 1. The number of benzene rings is 1. The van der Waals surface area contributed by atoms with Gasteiger partial charge in [0.1, 0.15) is 5.82 Å². The molecule has 5 nitrogen and oxygen atoms in total. The van der Waals surface area contributed by atoms with E-state index in [2.05, 4.69) is 4.72 Å². The largest absolute Gasteiger partial charge is 0.379 e. The molecule has 1 aromatic carbocycles. The number of hydrogen-bond donors (Lipinski definition) is 1. The van der Waals surface area contributed by atoms with Gasteiger partial charge in [0.2, 0.25) is 0 Å². The first-order valence-corrected chi connectivity index (χ1v) is 9.27. The molecule has 2 heterocycles. The Kier molecular flexibility index (Phi) is 4.51. The highest BCUT2D eigenvalue weighted by molar-refractivity contribution is 7.99. The van der Waals surface area contributed by atoms with E-state index in [-0.39, 0.29) is 11.9 Å². The van der Waals surface area contributed by atoms with Crippen molar-refractivity contribution >= 4 is 22.0 Å². The number of rotatable bonds is 3. The third-order valence-corrected chi connectivity index (χ3v) is 6.41. The van der Waals surface area contributed by atoms with Crippen LogP contribution < -0.4 is 4.72 Å². The molecule has 2 aliphatic rings. The summed E-state index contributed by atoms with van der Waals surface area (Å²) in [5, 5.41) is 0. The van der Waals surface area contributed by atoms with Gasteiger partial charge in [-0.05, 0) is 23.8 Å². The smallest absolute Gasteiger partial charge is 0.280 e. The lowest BCUT2D eigenvalue weighted by Crippen LogP contribution is -2.47. The molecule has 2 aliphatic heterocycles. The third-order valence-electron chi connectivity index (χ3n) is 3.63. The van der Waals surface area contributed by atoms with Gasteiger partial charge in [0, 0.05) is 24.0 Å². The minimum absolute atomic E-state index is 0.284. The molecule has 3 rings (SSSR count). The van der Waals surface area contributed by atoms with E-state index >= 15 is 0 Å². The molecule has 1 saturated heterocycles. The zero-order chi connectivity index (χ0) is 14.9. The van der Waals surface area contributed by atoms with Crippen LogP contribution in [0.4, 0.5) is 4.39 Å². The van der Waals surface area contributed by atoms with Gasteiger partial charge < -0.3 is 4.74 Å². The first-order valence-electron chi connectivity index (χ1n) is 6.84. The quantitative estimate of drug-likeness (QED) is 0.912. The van der Waals surface area contributed by atoms with E-state index in [0.717, 1.165) is 5.56 Å². The molecule has 0 amide bonds. The van der Waals surface area contributed by atoms with Gasteiger partial charge in [-0.25, -0.2) is 4.39 Å².